The van der Waals surface area contributed by atoms with Crippen molar-refractivity contribution >= 4 is 39.2 Å². The van der Waals surface area contributed by atoms with Crippen LogP contribution >= 0.6 is 0 Å². The lowest BCUT2D eigenvalue weighted by Crippen LogP contribution is -2.14. The molecule has 0 bridgehead atoms. The number of nitriles is 1. The Kier molecular flexibility index (Phi) is 4.57. The molecule has 4 rings (SSSR count). The number of carbonyl (C=O) groups excluding carboxylic acids is 1. The van der Waals surface area contributed by atoms with Gasteiger partial charge in [0.2, 0.25) is 0 Å². The summed E-state index contributed by atoms with van der Waals surface area (Å²) in [5.41, 5.74) is 0.732. The van der Waals surface area contributed by atoms with Crippen LogP contribution in [0.2, 0.25) is 0 Å². The first kappa shape index (κ1) is 17.4. The van der Waals surface area contributed by atoms with E-state index in [0.717, 1.165) is 27.1 Å². The lowest BCUT2D eigenvalue weighted by atomic mass is 9.95. The highest BCUT2D eigenvalue weighted by Crippen LogP contribution is 2.30. The molecule has 0 spiro atoms. The Morgan fingerprint density at radius 2 is 1.46 bits per heavy atom. The van der Waals surface area contributed by atoms with Gasteiger partial charge in [-0.1, -0.05) is 60.7 Å². The average molecular weight is 366 g/mol. The summed E-state index contributed by atoms with van der Waals surface area (Å²) in [5, 5.41) is 16.0. The normalized spacial score (nSPS) is 11.4. The van der Waals surface area contributed by atoms with E-state index in [1.54, 1.807) is 12.1 Å². The molecule has 0 saturated carbocycles. The zero-order chi connectivity index (χ0) is 19.5. The van der Waals surface area contributed by atoms with Crippen LogP contribution in [0.3, 0.4) is 0 Å². The van der Waals surface area contributed by atoms with Gasteiger partial charge < -0.3 is 5.32 Å². The maximum atomic E-state index is 13.8. The van der Waals surface area contributed by atoms with Crippen LogP contribution in [0, 0.1) is 17.1 Å². The molecule has 1 amide bonds. The minimum atomic E-state index is -0.649. The zero-order valence-electron chi connectivity index (χ0n) is 14.8. The Morgan fingerprint density at radius 1 is 0.893 bits per heavy atom. The van der Waals surface area contributed by atoms with Crippen LogP contribution in [-0.2, 0) is 4.79 Å². The first-order valence-electron chi connectivity index (χ1n) is 8.75. The monoisotopic (exact) mass is 366 g/mol. The third-order valence-electron chi connectivity index (χ3n) is 4.59. The van der Waals surface area contributed by atoms with Crippen molar-refractivity contribution in [1.82, 2.24) is 0 Å². The van der Waals surface area contributed by atoms with Crippen molar-refractivity contribution in [2.24, 2.45) is 0 Å². The highest BCUT2D eigenvalue weighted by atomic mass is 19.1. The van der Waals surface area contributed by atoms with Gasteiger partial charge in [0.1, 0.15) is 17.5 Å². The first-order chi connectivity index (χ1) is 13.7. The molecule has 4 aromatic carbocycles. The van der Waals surface area contributed by atoms with Gasteiger partial charge in [0.15, 0.2) is 0 Å². The van der Waals surface area contributed by atoms with Crippen molar-refractivity contribution in [3.63, 3.8) is 0 Å². The number of benzene rings is 4. The molecule has 0 aromatic heterocycles. The van der Waals surface area contributed by atoms with Crippen molar-refractivity contribution in [2.75, 3.05) is 5.32 Å². The minimum Gasteiger partial charge on any atom is -0.319 e. The van der Waals surface area contributed by atoms with E-state index >= 15 is 0 Å². The largest absolute Gasteiger partial charge is 0.319 e. The summed E-state index contributed by atoms with van der Waals surface area (Å²) in [6.45, 7) is 0. The second-order valence-electron chi connectivity index (χ2n) is 6.34. The highest BCUT2D eigenvalue weighted by molar-refractivity contribution is 6.14. The molecule has 134 valence electrons. The molecule has 0 heterocycles. The predicted molar refractivity (Wildman–Crippen MR) is 110 cm³/mol. The number of hydrogen-bond donors (Lipinski definition) is 1. The minimum absolute atomic E-state index is 0.0384. The van der Waals surface area contributed by atoms with Crippen molar-refractivity contribution in [1.29, 1.82) is 5.26 Å². The number of fused-ring (bicyclic) bond motifs is 2. The molecule has 0 aliphatic heterocycles. The van der Waals surface area contributed by atoms with Crippen LogP contribution in [0.5, 0.6) is 0 Å². The Balaban J connectivity index is 1.86. The summed E-state index contributed by atoms with van der Waals surface area (Å²) in [5.74, 6) is -1.20. The van der Waals surface area contributed by atoms with Gasteiger partial charge in [-0.2, -0.15) is 5.26 Å². The maximum Gasteiger partial charge on any atom is 0.266 e. The van der Waals surface area contributed by atoms with E-state index in [9.17, 15) is 14.4 Å². The fourth-order valence-corrected chi connectivity index (χ4v) is 3.25. The van der Waals surface area contributed by atoms with E-state index in [1.807, 2.05) is 54.6 Å². The first-order valence-corrected chi connectivity index (χ1v) is 8.75. The smallest absolute Gasteiger partial charge is 0.266 e. The summed E-state index contributed by atoms with van der Waals surface area (Å²) >= 11 is 0. The van der Waals surface area contributed by atoms with Crippen molar-refractivity contribution in [3.05, 3.63) is 95.8 Å². The van der Waals surface area contributed by atoms with Gasteiger partial charge in [-0.15, -0.1) is 0 Å². The van der Waals surface area contributed by atoms with Crippen LogP contribution in [0.15, 0.2) is 84.4 Å². The summed E-state index contributed by atoms with van der Waals surface area (Å²) in [6.07, 6.45) is 1.57. The molecule has 0 atom stereocenters. The number of anilines is 1. The Bertz CT molecular complexity index is 1230. The van der Waals surface area contributed by atoms with Crippen molar-refractivity contribution in [3.8, 4) is 6.07 Å². The van der Waals surface area contributed by atoms with Gasteiger partial charge in [-0.3, -0.25) is 4.79 Å². The fourth-order valence-electron chi connectivity index (χ4n) is 3.25. The van der Waals surface area contributed by atoms with E-state index in [-0.39, 0.29) is 11.3 Å². The quantitative estimate of drug-likeness (QED) is 0.288. The third kappa shape index (κ3) is 3.22. The Labute approximate surface area is 161 Å². The summed E-state index contributed by atoms with van der Waals surface area (Å²) in [4.78, 5) is 12.6. The molecule has 4 heteroatoms. The SMILES string of the molecule is N#C/C(=C\c1c2ccccc2cc2ccccc12)C(=O)Nc1ccccc1F. The van der Waals surface area contributed by atoms with Crippen LogP contribution in [0.4, 0.5) is 10.1 Å². The number of amides is 1. The number of para-hydroxylation sites is 1. The van der Waals surface area contributed by atoms with Crippen LogP contribution in [0.25, 0.3) is 27.6 Å². The fraction of sp³-hybridized carbons (Fsp3) is 0. The van der Waals surface area contributed by atoms with Gasteiger partial charge >= 0.3 is 0 Å². The molecule has 0 radical (unpaired) electrons. The molecular weight excluding hydrogens is 351 g/mol. The van der Waals surface area contributed by atoms with Crippen molar-refractivity contribution < 1.29 is 9.18 Å². The number of halogens is 1. The van der Waals surface area contributed by atoms with E-state index in [1.165, 1.54) is 18.2 Å². The van der Waals surface area contributed by atoms with Crippen LogP contribution in [-0.4, -0.2) is 5.91 Å². The topological polar surface area (TPSA) is 52.9 Å². The van der Waals surface area contributed by atoms with E-state index < -0.39 is 11.7 Å². The number of nitrogens with one attached hydrogen (secondary N) is 1. The van der Waals surface area contributed by atoms with Crippen LogP contribution in [0.1, 0.15) is 5.56 Å². The maximum absolute atomic E-state index is 13.8. The van der Waals surface area contributed by atoms with Gasteiger partial charge in [-0.25, -0.2) is 4.39 Å². The number of rotatable bonds is 3. The average Bonchev–Trinajstić information content (AvgIpc) is 2.72. The van der Waals surface area contributed by atoms with Crippen LogP contribution < -0.4 is 5.32 Å². The Morgan fingerprint density at radius 3 is 2.07 bits per heavy atom. The van der Waals surface area contributed by atoms with E-state index in [0.29, 0.717) is 0 Å². The third-order valence-corrected chi connectivity index (χ3v) is 4.59. The number of nitrogens with zero attached hydrogens (tertiary/aromatic N) is 1. The molecule has 0 fully saturated rings. The molecule has 0 saturated heterocycles. The molecule has 1 N–H and O–H groups in total. The summed E-state index contributed by atoms with van der Waals surface area (Å²) in [6, 6.07) is 25.5. The molecule has 4 aromatic rings. The lowest BCUT2D eigenvalue weighted by molar-refractivity contribution is -0.112. The molecule has 0 unspecified atom stereocenters. The lowest BCUT2D eigenvalue weighted by Gasteiger charge is -2.10. The number of carbonyl (C=O) groups is 1. The van der Waals surface area contributed by atoms with E-state index in [4.69, 9.17) is 0 Å². The molecular formula is C24H15FN2O. The van der Waals surface area contributed by atoms with Gasteiger partial charge in [0.25, 0.3) is 5.91 Å². The summed E-state index contributed by atoms with van der Waals surface area (Å²) < 4.78 is 13.8. The van der Waals surface area contributed by atoms with Gasteiger partial charge in [0, 0.05) is 0 Å². The zero-order valence-corrected chi connectivity index (χ0v) is 14.8. The molecule has 0 aliphatic carbocycles. The molecule has 28 heavy (non-hydrogen) atoms. The number of hydrogen-bond acceptors (Lipinski definition) is 2. The van der Waals surface area contributed by atoms with Gasteiger partial charge in [0.05, 0.1) is 5.69 Å². The second kappa shape index (κ2) is 7.34. The second-order valence-corrected chi connectivity index (χ2v) is 6.34. The Hall–Kier alpha value is -3.97. The predicted octanol–water partition coefficient (Wildman–Crippen LogP) is 5.68. The van der Waals surface area contributed by atoms with Crippen molar-refractivity contribution in [2.45, 2.75) is 0 Å². The van der Waals surface area contributed by atoms with Gasteiger partial charge in [-0.05, 0) is 51.4 Å². The van der Waals surface area contributed by atoms with E-state index in [2.05, 4.69) is 11.4 Å². The summed E-state index contributed by atoms with van der Waals surface area (Å²) in [7, 11) is 0. The molecule has 0 aliphatic rings. The highest BCUT2D eigenvalue weighted by Gasteiger charge is 2.14. The standard InChI is InChI=1S/C24H15FN2O/c25-22-11-5-6-12-23(22)27-24(28)18(15-26)14-21-19-9-3-1-7-16(19)13-17-8-2-4-10-20(17)21/h1-14H,(H,27,28)/b18-14+. The molecule has 3 nitrogen and oxygen atoms in total.